The number of imidazole rings is 1. The summed E-state index contributed by atoms with van der Waals surface area (Å²) in [6, 6.07) is 22.1. The first kappa shape index (κ1) is 23.2. The van der Waals surface area contributed by atoms with Gasteiger partial charge in [-0.2, -0.15) is 4.98 Å². The lowest BCUT2D eigenvalue weighted by molar-refractivity contribution is 0.0602. The largest absolute Gasteiger partial charge is 0.465 e. The number of nitrogens with zero attached hydrogens (tertiary/aromatic N) is 5. The minimum atomic E-state index is -0.407. The maximum Gasteiger partial charge on any atom is 0.340 e. The zero-order valence-electron chi connectivity index (χ0n) is 20.1. The predicted octanol–water partition coefficient (Wildman–Crippen LogP) is 4.90. The molecule has 9 nitrogen and oxygen atoms in total. The molecule has 182 valence electrons. The summed E-state index contributed by atoms with van der Waals surface area (Å²) in [4.78, 5) is 17.2. The van der Waals surface area contributed by atoms with E-state index < -0.39 is 5.97 Å². The number of benzene rings is 3. The molecule has 0 amide bonds. The molecule has 3 aromatic carbocycles. The number of aromatic amines is 1. The van der Waals surface area contributed by atoms with Gasteiger partial charge < -0.3 is 9.47 Å². The van der Waals surface area contributed by atoms with Gasteiger partial charge in [0.2, 0.25) is 0 Å². The Kier molecular flexibility index (Phi) is 6.70. The minimum absolute atomic E-state index is 0.407. The summed E-state index contributed by atoms with van der Waals surface area (Å²) in [7, 11) is 1.38. The third kappa shape index (κ3) is 4.55. The number of rotatable bonds is 9. The van der Waals surface area contributed by atoms with Crippen LogP contribution in [-0.4, -0.2) is 49.9 Å². The number of unbranched alkanes of at least 4 members (excludes halogenated alkanes) is 1. The fourth-order valence-electron chi connectivity index (χ4n) is 4.19. The van der Waals surface area contributed by atoms with Gasteiger partial charge in [0.05, 0.1) is 36.9 Å². The molecule has 2 heterocycles. The van der Waals surface area contributed by atoms with Crippen LogP contribution in [0.4, 0.5) is 0 Å². The van der Waals surface area contributed by atoms with Crippen molar-refractivity contribution < 1.29 is 14.3 Å². The molecule has 0 unspecified atom stereocenters. The van der Waals surface area contributed by atoms with E-state index in [0.717, 1.165) is 35.1 Å². The molecule has 9 heteroatoms. The van der Waals surface area contributed by atoms with Gasteiger partial charge in [-0.25, -0.2) is 9.89 Å². The molecule has 5 rings (SSSR count). The molecule has 0 radical (unpaired) electrons. The molecule has 5 aromatic rings. The van der Waals surface area contributed by atoms with Gasteiger partial charge in [0.25, 0.3) is 6.01 Å². The number of methoxy groups -OCH3 is 1. The van der Waals surface area contributed by atoms with Crippen LogP contribution in [0.2, 0.25) is 0 Å². The summed E-state index contributed by atoms with van der Waals surface area (Å²) in [6.45, 7) is 3.15. The molecule has 36 heavy (non-hydrogen) atoms. The second-order valence-corrected chi connectivity index (χ2v) is 8.34. The van der Waals surface area contributed by atoms with E-state index in [1.54, 1.807) is 12.1 Å². The summed E-state index contributed by atoms with van der Waals surface area (Å²) in [5.74, 6) is 0.208. The standard InChI is InChI=1S/C27H26N6O3/c1-3-4-16-36-27-28-23-11-7-10-22(26(34)35-2)24(23)33(27)17-18-12-14-19(15-13-18)20-8-5-6-9-21(20)25-29-31-32-30-25/h5-15H,3-4,16-17H2,1-2H3,(H,29,30,31,32). The lowest BCUT2D eigenvalue weighted by Gasteiger charge is -2.13. The van der Waals surface area contributed by atoms with Crippen molar-refractivity contribution in [3.63, 3.8) is 0 Å². The Morgan fingerprint density at radius 1 is 1.00 bits per heavy atom. The Morgan fingerprint density at radius 3 is 2.53 bits per heavy atom. The van der Waals surface area contributed by atoms with Crippen LogP contribution < -0.4 is 4.74 Å². The van der Waals surface area contributed by atoms with Gasteiger partial charge in [-0.3, -0.25) is 4.57 Å². The van der Waals surface area contributed by atoms with Crippen LogP contribution in [0.3, 0.4) is 0 Å². The van der Waals surface area contributed by atoms with Crippen molar-refractivity contribution in [2.75, 3.05) is 13.7 Å². The molecular weight excluding hydrogens is 456 g/mol. The van der Waals surface area contributed by atoms with E-state index in [9.17, 15) is 4.79 Å². The fraction of sp³-hybridized carbons (Fsp3) is 0.222. The van der Waals surface area contributed by atoms with Gasteiger partial charge >= 0.3 is 5.97 Å². The van der Waals surface area contributed by atoms with Crippen LogP contribution in [0.25, 0.3) is 33.5 Å². The number of para-hydroxylation sites is 1. The number of tetrazole rings is 1. The third-order valence-corrected chi connectivity index (χ3v) is 6.00. The number of hydrogen-bond acceptors (Lipinski definition) is 7. The summed E-state index contributed by atoms with van der Waals surface area (Å²) in [5, 5.41) is 14.3. The Hall–Kier alpha value is -4.53. The van der Waals surface area contributed by atoms with Crippen LogP contribution in [0.1, 0.15) is 35.7 Å². The first-order valence-electron chi connectivity index (χ1n) is 11.8. The number of fused-ring (bicyclic) bond motifs is 1. The summed E-state index contributed by atoms with van der Waals surface area (Å²) >= 11 is 0. The highest BCUT2D eigenvalue weighted by molar-refractivity contribution is 6.02. The van der Waals surface area contributed by atoms with Crippen molar-refractivity contribution in [2.45, 2.75) is 26.3 Å². The maximum atomic E-state index is 12.5. The second kappa shape index (κ2) is 10.4. The number of carbonyl (C=O) groups is 1. The molecule has 0 saturated heterocycles. The van der Waals surface area contributed by atoms with E-state index in [4.69, 9.17) is 9.47 Å². The van der Waals surface area contributed by atoms with E-state index >= 15 is 0 Å². The predicted molar refractivity (Wildman–Crippen MR) is 136 cm³/mol. The Morgan fingerprint density at radius 2 is 1.81 bits per heavy atom. The van der Waals surface area contributed by atoms with Crippen molar-refractivity contribution in [3.8, 4) is 28.5 Å². The van der Waals surface area contributed by atoms with E-state index in [1.165, 1.54) is 7.11 Å². The molecule has 0 aliphatic carbocycles. The topological polar surface area (TPSA) is 108 Å². The highest BCUT2D eigenvalue weighted by atomic mass is 16.5. The van der Waals surface area contributed by atoms with Crippen LogP contribution in [0, 0.1) is 0 Å². The van der Waals surface area contributed by atoms with Crippen molar-refractivity contribution in [2.24, 2.45) is 0 Å². The number of aromatic nitrogens is 6. The zero-order chi connectivity index (χ0) is 24.9. The number of H-pyrrole nitrogens is 1. The molecule has 0 fully saturated rings. The smallest absolute Gasteiger partial charge is 0.340 e. The summed E-state index contributed by atoms with van der Waals surface area (Å²) in [5.41, 5.74) is 5.86. The van der Waals surface area contributed by atoms with E-state index in [2.05, 4.69) is 56.8 Å². The summed E-state index contributed by atoms with van der Waals surface area (Å²) < 4.78 is 13.0. The molecular formula is C27H26N6O3. The maximum absolute atomic E-state index is 12.5. The number of ether oxygens (including phenoxy) is 2. The van der Waals surface area contributed by atoms with Gasteiger partial charge in [-0.15, -0.1) is 5.10 Å². The lowest BCUT2D eigenvalue weighted by atomic mass is 9.98. The van der Waals surface area contributed by atoms with Gasteiger partial charge in [-0.1, -0.05) is 67.9 Å². The molecule has 0 saturated carbocycles. The van der Waals surface area contributed by atoms with E-state index in [-0.39, 0.29) is 0 Å². The number of carbonyl (C=O) groups excluding carboxylic acids is 1. The van der Waals surface area contributed by atoms with E-state index in [0.29, 0.717) is 41.6 Å². The van der Waals surface area contributed by atoms with Gasteiger partial charge in [0, 0.05) is 5.56 Å². The van der Waals surface area contributed by atoms with Gasteiger partial charge in [0.1, 0.15) is 0 Å². The minimum Gasteiger partial charge on any atom is -0.465 e. The van der Waals surface area contributed by atoms with Gasteiger partial charge in [0.15, 0.2) is 5.82 Å². The number of hydrogen-bond donors (Lipinski definition) is 1. The molecule has 0 spiro atoms. The van der Waals surface area contributed by atoms with Crippen molar-refractivity contribution in [3.05, 3.63) is 77.9 Å². The van der Waals surface area contributed by atoms with Crippen molar-refractivity contribution in [1.82, 2.24) is 30.2 Å². The lowest BCUT2D eigenvalue weighted by Crippen LogP contribution is -2.09. The van der Waals surface area contributed by atoms with E-state index in [1.807, 2.05) is 34.9 Å². The second-order valence-electron chi connectivity index (χ2n) is 8.34. The quantitative estimate of drug-likeness (QED) is 0.235. The normalized spacial score (nSPS) is 11.1. The van der Waals surface area contributed by atoms with Crippen molar-refractivity contribution >= 4 is 17.0 Å². The third-order valence-electron chi connectivity index (χ3n) is 6.00. The van der Waals surface area contributed by atoms with Crippen molar-refractivity contribution in [1.29, 1.82) is 0 Å². The SMILES string of the molecule is CCCCOc1nc2cccc(C(=O)OC)c2n1Cc1ccc(-c2ccccc2-c2nnn[nH]2)cc1. The number of nitrogens with one attached hydrogen (secondary N) is 1. The van der Waals surface area contributed by atoms with Crippen LogP contribution in [0.15, 0.2) is 66.7 Å². The Balaban J connectivity index is 1.51. The monoisotopic (exact) mass is 482 g/mol. The molecule has 1 N–H and O–H groups in total. The average Bonchev–Trinajstić information content (AvgIpc) is 3.58. The van der Waals surface area contributed by atoms with Gasteiger partial charge in [-0.05, 0) is 45.7 Å². The Bertz CT molecular complexity index is 1480. The van der Waals surface area contributed by atoms with Crippen LogP contribution >= 0.6 is 0 Å². The number of esters is 1. The first-order valence-corrected chi connectivity index (χ1v) is 11.8. The summed E-state index contributed by atoms with van der Waals surface area (Å²) in [6.07, 6.45) is 1.93. The average molecular weight is 483 g/mol. The zero-order valence-corrected chi connectivity index (χ0v) is 20.1. The first-order chi connectivity index (χ1) is 17.7. The highest BCUT2D eigenvalue weighted by Crippen LogP contribution is 2.31. The molecule has 0 aliphatic rings. The fourth-order valence-corrected chi connectivity index (χ4v) is 4.19. The molecule has 2 aromatic heterocycles. The van der Waals surface area contributed by atoms with Crippen LogP contribution in [0.5, 0.6) is 6.01 Å². The molecule has 0 atom stereocenters. The molecule has 0 aliphatic heterocycles. The molecule has 0 bridgehead atoms. The highest BCUT2D eigenvalue weighted by Gasteiger charge is 2.20. The Labute approximate surface area is 208 Å². The van der Waals surface area contributed by atoms with Crippen LogP contribution in [-0.2, 0) is 11.3 Å².